The number of pyridine rings is 1. The van der Waals surface area contributed by atoms with E-state index in [9.17, 15) is 19.5 Å². The topological polar surface area (TPSA) is 166 Å². The van der Waals surface area contributed by atoms with Crippen molar-refractivity contribution in [1.29, 1.82) is 0 Å². The molecule has 14 nitrogen and oxygen atoms in total. The molecule has 7 rings (SSSR count). The third-order valence-electron chi connectivity index (χ3n) is 9.18. The Balaban J connectivity index is 1.26. The zero-order chi connectivity index (χ0) is 34.2. The van der Waals surface area contributed by atoms with Crippen molar-refractivity contribution in [3.63, 3.8) is 0 Å². The van der Waals surface area contributed by atoms with E-state index in [0.717, 1.165) is 5.56 Å². The number of carbonyl (C=O) groups excluding carboxylic acids is 1. The highest BCUT2D eigenvalue weighted by molar-refractivity contribution is 6.31. The molecule has 1 fully saturated rings. The van der Waals surface area contributed by atoms with Crippen LogP contribution in [0.25, 0.3) is 28.2 Å². The van der Waals surface area contributed by atoms with Gasteiger partial charge in [-0.05, 0) is 56.0 Å². The highest BCUT2D eigenvalue weighted by Gasteiger charge is 2.28. The van der Waals surface area contributed by atoms with Crippen LogP contribution in [0.3, 0.4) is 0 Å². The van der Waals surface area contributed by atoms with Crippen molar-refractivity contribution in [1.82, 2.24) is 44.2 Å². The molecule has 0 unspecified atom stereocenters. The molecule has 5 aromatic rings. The standard InChI is InChI=1S/C33H32Cl2N10O4/c1-19-3-2-4-28(43-18-37-24(15-30(43)46)23-14-21(34)5-6-27(23)45-17-29(35)39-41-45)25-13-20(7-10-36-25)31-26(38-32(19)47)16-44(40-31)22-8-11-42(12-9-22)33(48)49/h5-7,10,13-19,22,28H,2-4,8-9,11-12H2,1H3,(H,38,47)(H,48,49)/t19-,28+/m1/s1. The number of rotatable bonds is 4. The Morgan fingerprint density at radius 2 is 1.82 bits per heavy atom. The summed E-state index contributed by atoms with van der Waals surface area (Å²) in [6.45, 7) is 2.70. The average Bonchev–Trinajstić information content (AvgIpc) is 3.72. The average molecular weight is 704 g/mol. The number of benzene rings is 1. The SMILES string of the molecule is C[C@@H]1CCC[C@H](n2cnc(-c3cc(Cl)ccc3-n3cc(Cl)nn3)cc2=O)c2cc(ccn2)-c2nn(C3CCN(C(=O)O)CC3)cc2NC1=O. The largest absolute Gasteiger partial charge is 0.465 e. The summed E-state index contributed by atoms with van der Waals surface area (Å²) in [4.78, 5) is 49.4. The van der Waals surface area contributed by atoms with Crippen molar-refractivity contribution in [2.45, 2.75) is 51.1 Å². The monoisotopic (exact) mass is 702 g/mol. The molecule has 1 aromatic carbocycles. The Kier molecular flexibility index (Phi) is 8.90. The van der Waals surface area contributed by atoms with E-state index in [-0.39, 0.29) is 28.6 Å². The van der Waals surface area contributed by atoms with Gasteiger partial charge in [0.2, 0.25) is 5.91 Å². The molecule has 2 atom stereocenters. The summed E-state index contributed by atoms with van der Waals surface area (Å²) in [6, 6.07) is 9.86. The number of halogens is 2. The molecule has 2 aliphatic rings. The van der Waals surface area contributed by atoms with Gasteiger partial charge in [0.1, 0.15) is 5.69 Å². The molecule has 2 aliphatic heterocycles. The van der Waals surface area contributed by atoms with Crippen LogP contribution in [0.1, 0.15) is 56.8 Å². The number of piperidine rings is 1. The lowest BCUT2D eigenvalue weighted by atomic mass is 9.97. The van der Waals surface area contributed by atoms with Crippen LogP contribution in [0.4, 0.5) is 10.5 Å². The van der Waals surface area contributed by atoms with E-state index in [1.807, 2.05) is 29.9 Å². The normalized spacial score (nSPS) is 18.7. The lowest BCUT2D eigenvalue weighted by Crippen LogP contribution is -2.38. The third kappa shape index (κ3) is 6.65. The first-order valence-electron chi connectivity index (χ1n) is 15.9. The van der Waals surface area contributed by atoms with Gasteiger partial charge in [-0.25, -0.2) is 14.5 Å². The highest BCUT2D eigenvalue weighted by Crippen LogP contribution is 2.35. The lowest BCUT2D eigenvalue weighted by Gasteiger charge is -2.30. The molecule has 2 amide bonds. The fourth-order valence-electron chi connectivity index (χ4n) is 6.48. The van der Waals surface area contributed by atoms with E-state index < -0.39 is 12.1 Å². The van der Waals surface area contributed by atoms with Crippen LogP contribution >= 0.6 is 23.2 Å². The number of likely N-dealkylation sites (tertiary alicyclic amines) is 1. The quantitative estimate of drug-likeness (QED) is 0.238. The third-order valence-corrected chi connectivity index (χ3v) is 9.58. The summed E-state index contributed by atoms with van der Waals surface area (Å²) in [7, 11) is 0. The number of fused-ring (bicyclic) bond motifs is 4. The number of hydrogen-bond donors (Lipinski definition) is 2. The van der Waals surface area contributed by atoms with Crippen molar-refractivity contribution in [3.8, 4) is 28.2 Å². The highest BCUT2D eigenvalue weighted by atomic mass is 35.5. The maximum Gasteiger partial charge on any atom is 0.407 e. The molecule has 2 N–H and O–H groups in total. The summed E-state index contributed by atoms with van der Waals surface area (Å²) in [5, 5.41) is 26.0. The fourth-order valence-corrected chi connectivity index (χ4v) is 6.78. The summed E-state index contributed by atoms with van der Waals surface area (Å²) < 4.78 is 4.89. The van der Waals surface area contributed by atoms with Gasteiger partial charge in [-0.3, -0.25) is 23.8 Å². The van der Waals surface area contributed by atoms with Gasteiger partial charge in [0.25, 0.3) is 5.56 Å². The van der Waals surface area contributed by atoms with E-state index in [4.69, 9.17) is 33.3 Å². The van der Waals surface area contributed by atoms with Crippen LogP contribution in [0.2, 0.25) is 10.2 Å². The molecular formula is C33H32Cl2N10O4. The summed E-state index contributed by atoms with van der Waals surface area (Å²) in [5.74, 6) is -0.424. The lowest BCUT2D eigenvalue weighted by molar-refractivity contribution is -0.119. The van der Waals surface area contributed by atoms with Crippen LogP contribution < -0.4 is 10.9 Å². The maximum absolute atomic E-state index is 13.9. The van der Waals surface area contributed by atoms with Gasteiger partial charge in [-0.1, -0.05) is 41.8 Å². The predicted octanol–water partition coefficient (Wildman–Crippen LogP) is 5.72. The first-order valence-corrected chi connectivity index (χ1v) is 16.7. The molecule has 1 saturated heterocycles. The number of aromatic nitrogens is 8. The van der Waals surface area contributed by atoms with Crippen molar-refractivity contribution in [3.05, 3.63) is 87.5 Å². The Labute approximate surface area is 290 Å². The van der Waals surface area contributed by atoms with E-state index in [2.05, 4.69) is 20.6 Å². The molecule has 16 heteroatoms. The molecule has 252 valence electrons. The fraction of sp³-hybridized carbons (Fsp3) is 0.333. The Bertz CT molecular complexity index is 2100. The van der Waals surface area contributed by atoms with E-state index in [1.54, 1.807) is 35.2 Å². The number of carboxylic acid groups (broad SMARTS) is 1. The summed E-state index contributed by atoms with van der Waals surface area (Å²) in [6.07, 6.45) is 8.64. The van der Waals surface area contributed by atoms with Gasteiger partial charge in [0.05, 0.1) is 47.4 Å². The zero-order valence-electron chi connectivity index (χ0n) is 26.4. The van der Waals surface area contributed by atoms with Gasteiger partial charge < -0.3 is 15.3 Å². The zero-order valence-corrected chi connectivity index (χ0v) is 27.9. The Morgan fingerprint density at radius 1 is 1.00 bits per heavy atom. The second-order valence-electron chi connectivity index (χ2n) is 12.3. The number of amides is 2. The van der Waals surface area contributed by atoms with Crippen molar-refractivity contribution in [2.75, 3.05) is 18.4 Å². The number of nitrogens with one attached hydrogen (secondary N) is 1. The first-order chi connectivity index (χ1) is 23.6. The van der Waals surface area contributed by atoms with Crippen molar-refractivity contribution < 1.29 is 14.7 Å². The first kappa shape index (κ1) is 32.5. The maximum atomic E-state index is 13.9. The second-order valence-corrected chi connectivity index (χ2v) is 13.2. The van der Waals surface area contributed by atoms with Crippen LogP contribution in [-0.2, 0) is 4.79 Å². The van der Waals surface area contributed by atoms with E-state index in [1.165, 1.54) is 22.0 Å². The van der Waals surface area contributed by atoms with Crippen molar-refractivity contribution in [2.24, 2.45) is 5.92 Å². The van der Waals surface area contributed by atoms with Crippen LogP contribution in [-0.4, -0.2) is 74.4 Å². The minimum Gasteiger partial charge on any atom is -0.465 e. The molecule has 0 spiro atoms. The van der Waals surface area contributed by atoms with Crippen LogP contribution in [0, 0.1) is 5.92 Å². The van der Waals surface area contributed by atoms with Crippen LogP contribution in [0.5, 0.6) is 0 Å². The molecule has 0 saturated carbocycles. The number of hydrogen-bond acceptors (Lipinski definition) is 8. The van der Waals surface area contributed by atoms with Gasteiger partial charge in [0.15, 0.2) is 5.15 Å². The van der Waals surface area contributed by atoms with E-state index >= 15 is 0 Å². The molecule has 49 heavy (non-hydrogen) atoms. The minimum atomic E-state index is -0.929. The molecular weight excluding hydrogens is 671 g/mol. The minimum absolute atomic E-state index is 0.0214. The molecule has 6 heterocycles. The van der Waals surface area contributed by atoms with Gasteiger partial charge >= 0.3 is 6.09 Å². The number of anilines is 1. The second kappa shape index (κ2) is 13.4. The van der Waals surface area contributed by atoms with E-state index in [0.29, 0.717) is 84.2 Å². The molecule has 0 aliphatic carbocycles. The number of nitrogens with zero attached hydrogens (tertiary/aromatic N) is 9. The molecule has 2 bridgehead atoms. The molecule has 0 radical (unpaired) electrons. The van der Waals surface area contributed by atoms with Gasteiger partial charge in [0, 0.05) is 53.6 Å². The Hall–Kier alpha value is -5.08. The smallest absolute Gasteiger partial charge is 0.407 e. The van der Waals surface area contributed by atoms with Crippen molar-refractivity contribution >= 4 is 40.9 Å². The predicted molar refractivity (Wildman–Crippen MR) is 182 cm³/mol. The molecule has 4 aromatic heterocycles. The Morgan fingerprint density at radius 3 is 2.55 bits per heavy atom. The summed E-state index contributed by atoms with van der Waals surface area (Å²) >= 11 is 12.4. The van der Waals surface area contributed by atoms with Gasteiger partial charge in [-0.2, -0.15) is 5.10 Å². The number of carbonyl (C=O) groups is 2. The van der Waals surface area contributed by atoms with Crippen LogP contribution in [0.15, 0.2) is 66.1 Å². The summed E-state index contributed by atoms with van der Waals surface area (Å²) in [5.41, 5.74) is 3.82. The van der Waals surface area contributed by atoms with Gasteiger partial charge in [-0.15, -0.1) is 5.10 Å².